The van der Waals surface area contributed by atoms with E-state index < -0.39 is 11.0 Å². The molecule has 2 N–H and O–H groups in total. The van der Waals surface area contributed by atoms with E-state index >= 15 is 0 Å². The lowest BCUT2D eigenvalue weighted by Crippen LogP contribution is -2.43. The van der Waals surface area contributed by atoms with E-state index in [1.54, 1.807) is 19.1 Å². The van der Waals surface area contributed by atoms with Crippen molar-refractivity contribution in [3.63, 3.8) is 0 Å². The van der Waals surface area contributed by atoms with Crippen molar-refractivity contribution in [2.24, 2.45) is 5.41 Å². The average Bonchev–Trinajstić information content (AvgIpc) is 2.80. The first kappa shape index (κ1) is 13.8. The van der Waals surface area contributed by atoms with Crippen LogP contribution < -0.4 is 5.32 Å². The first-order valence-electron chi connectivity index (χ1n) is 5.84. The molecule has 1 amide bonds. The Morgan fingerprint density at radius 2 is 2.12 bits per heavy atom. The summed E-state index contributed by atoms with van der Waals surface area (Å²) in [4.78, 5) is 11.9. The summed E-state index contributed by atoms with van der Waals surface area (Å²) in [7, 11) is 0. The summed E-state index contributed by atoms with van der Waals surface area (Å²) < 4.78 is 5.14. The minimum absolute atomic E-state index is 0.0631. The standard InChI is InChI=1S/C13H21NO3/c1-5-12(2,3)11(15)14-9-13(4,16)10-7-6-8-17-10/h6-8,16H,5,9H2,1-4H3,(H,14,15). The fourth-order valence-corrected chi connectivity index (χ4v) is 1.32. The Kier molecular flexibility index (Phi) is 3.98. The molecule has 0 aliphatic carbocycles. The smallest absolute Gasteiger partial charge is 0.225 e. The summed E-state index contributed by atoms with van der Waals surface area (Å²) in [6.45, 7) is 7.48. The molecule has 0 aliphatic heterocycles. The molecule has 96 valence electrons. The minimum Gasteiger partial charge on any atom is -0.466 e. The molecule has 17 heavy (non-hydrogen) atoms. The molecule has 1 rings (SSSR count). The van der Waals surface area contributed by atoms with Crippen molar-refractivity contribution >= 4 is 5.91 Å². The lowest BCUT2D eigenvalue weighted by atomic mass is 9.89. The molecule has 4 heteroatoms. The van der Waals surface area contributed by atoms with Gasteiger partial charge in [-0.25, -0.2) is 0 Å². The van der Waals surface area contributed by atoms with Gasteiger partial charge >= 0.3 is 0 Å². The van der Waals surface area contributed by atoms with Crippen LogP contribution in [-0.4, -0.2) is 17.6 Å². The third kappa shape index (κ3) is 3.33. The summed E-state index contributed by atoms with van der Waals surface area (Å²) in [5.41, 5.74) is -1.60. The number of hydrogen-bond donors (Lipinski definition) is 2. The van der Waals surface area contributed by atoms with Crippen molar-refractivity contribution in [1.82, 2.24) is 5.32 Å². The van der Waals surface area contributed by atoms with Crippen LogP contribution in [0.5, 0.6) is 0 Å². The van der Waals surface area contributed by atoms with Gasteiger partial charge in [-0.15, -0.1) is 0 Å². The van der Waals surface area contributed by atoms with Gasteiger partial charge in [0, 0.05) is 5.41 Å². The quantitative estimate of drug-likeness (QED) is 0.826. The van der Waals surface area contributed by atoms with Gasteiger partial charge in [0.2, 0.25) is 5.91 Å². The van der Waals surface area contributed by atoms with Gasteiger partial charge in [-0.05, 0) is 25.5 Å². The highest BCUT2D eigenvalue weighted by Gasteiger charge is 2.30. The van der Waals surface area contributed by atoms with Crippen molar-refractivity contribution < 1.29 is 14.3 Å². The number of rotatable bonds is 5. The van der Waals surface area contributed by atoms with Gasteiger partial charge in [-0.2, -0.15) is 0 Å². The summed E-state index contributed by atoms with van der Waals surface area (Å²) in [6, 6.07) is 3.40. The molecule has 0 aliphatic rings. The summed E-state index contributed by atoms with van der Waals surface area (Å²) in [5.74, 6) is 0.388. The van der Waals surface area contributed by atoms with Gasteiger partial charge in [0.25, 0.3) is 0 Å². The van der Waals surface area contributed by atoms with Gasteiger partial charge in [-0.3, -0.25) is 4.79 Å². The lowest BCUT2D eigenvalue weighted by Gasteiger charge is -2.26. The van der Waals surface area contributed by atoms with E-state index in [0.717, 1.165) is 6.42 Å². The van der Waals surface area contributed by atoms with Gasteiger partial charge in [0.05, 0.1) is 12.8 Å². The minimum atomic E-state index is -1.18. The van der Waals surface area contributed by atoms with Crippen LogP contribution in [0.1, 0.15) is 39.9 Å². The van der Waals surface area contributed by atoms with E-state index in [9.17, 15) is 9.90 Å². The highest BCUT2D eigenvalue weighted by atomic mass is 16.4. The Morgan fingerprint density at radius 1 is 1.47 bits per heavy atom. The molecule has 0 saturated carbocycles. The molecule has 1 unspecified atom stereocenters. The Bertz CT molecular complexity index is 366. The van der Waals surface area contributed by atoms with Crippen molar-refractivity contribution in [2.75, 3.05) is 6.54 Å². The van der Waals surface area contributed by atoms with Crippen molar-refractivity contribution in [1.29, 1.82) is 0 Å². The maximum Gasteiger partial charge on any atom is 0.225 e. The first-order valence-corrected chi connectivity index (χ1v) is 5.84. The summed E-state index contributed by atoms with van der Waals surface area (Å²) in [6.07, 6.45) is 2.25. The molecule has 0 radical (unpaired) electrons. The predicted octanol–water partition coefficient (Wildman–Crippen LogP) is 2.04. The molecule has 0 saturated heterocycles. The van der Waals surface area contributed by atoms with E-state index in [-0.39, 0.29) is 12.5 Å². The third-order valence-corrected chi connectivity index (χ3v) is 3.14. The maximum atomic E-state index is 11.9. The third-order valence-electron chi connectivity index (χ3n) is 3.14. The highest BCUT2D eigenvalue weighted by Crippen LogP contribution is 2.22. The number of furan rings is 1. The maximum absolute atomic E-state index is 11.9. The Morgan fingerprint density at radius 3 is 2.59 bits per heavy atom. The van der Waals surface area contributed by atoms with Crippen LogP contribution in [0.15, 0.2) is 22.8 Å². The summed E-state index contributed by atoms with van der Waals surface area (Å²) >= 11 is 0. The average molecular weight is 239 g/mol. The number of carbonyl (C=O) groups is 1. The van der Waals surface area contributed by atoms with Crippen LogP contribution in [0, 0.1) is 5.41 Å². The van der Waals surface area contributed by atoms with E-state index in [1.165, 1.54) is 6.26 Å². The zero-order chi connectivity index (χ0) is 13.1. The molecule has 0 bridgehead atoms. The number of carbonyl (C=O) groups excluding carboxylic acids is 1. The van der Waals surface area contributed by atoms with E-state index in [0.29, 0.717) is 5.76 Å². The van der Waals surface area contributed by atoms with Crippen LogP contribution >= 0.6 is 0 Å². The second-order valence-corrected chi connectivity index (χ2v) is 5.17. The fourth-order valence-electron chi connectivity index (χ4n) is 1.32. The molecule has 0 aromatic carbocycles. The lowest BCUT2D eigenvalue weighted by molar-refractivity contribution is -0.130. The number of aliphatic hydroxyl groups is 1. The monoisotopic (exact) mass is 239 g/mol. The van der Waals surface area contributed by atoms with Crippen molar-refractivity contribution in [3.8, 4) is 0 Å². The predicted molar refractivity (Wildman–Crippen MR) is 65.4 cm³/mol. The van der Waals surface area contributed by atoms with Crippen LogP contribution in [0.4, 0.5) is 0 Å². The van der Waals surface area contributed by atoms with Crippen LogP contribution in [0.25, 0.3) is 0 Å². The van der Waals surface area contributed by atoms with Crippen LogP contribution in [-0.2, 0) is 10.4 Å². The number of hydrogen-bond acceptors (Lipinski definition) is 3. The first-order chi connectivity index (χ1) is 7.79. The second kappa shape index (κ2) is 4.92. The van der Waals surface area contributed by atoms with Gasteiger partial charge in [0.15, 0.2) is 0 Å². The summed E-state index contributed by atoms with van der Waals surface area (Å²) in [5, 5.41) is 12.9. The largest absolute Gasteiger partial charge is 0.466 e. The van der Waals surface area contributed by atoms with E-state index in [4.69, 9.17) is 4.42 Å². The molecule has 1 aromatic rings. The van der Waals surface area contributed by atoms with E-state index in [2.05, 4.69) is 5.32 Å². The Balaban J connectivity index is 2.60. The normalized spacial score (nSPS) is 15.4. The van der Waals surface area contributed by atoms with Crippen LogP contribution in [0.2, 0.25) is 0 Å². The van der Waals surface area contributed by atoms with Gasteiger partial charge in [-0.1, -0.05) is 20.8 Å². The Labute approximate surface area is 102 Å². The molecular weight excluding hydrogens is 218 g/mol. The van der Waals surface area contributed by atoms with Crippen LogP contribution in [0.3, 0.4) is 0 Å². The zero-order valence-electron chi connectivity index (χ0n) is 10.9. The van der Waals surface area contributed by atoms with Crippen molar-refractivity contribution in [3.05, 3.63) is 24.2 Å². The van der Waals surface area contributed by atoms with Crippen molar-refractivity contribution in [2.45, 2.75) is 39.7 Å². The molecular formula is C13H21NO3. The topological polar surface area (TPSA) is 62.5 Å². The zero-order valence-corrected chi connectivity index (χ0v) is 10.9. The fraction of sp³-hybridized carbons (Fsp3) is 0.615. The molecule has 1 heterocycles. The highest BCUT2D eigenvalue weighted by molar-refractivity contribution is 5.81. The number of nitrogens with one attached hydrogen (secondary N) is 1. The van der Waals surface area contributed by atoms with Gasteiger partial charge in [0.1, 0.15) is 11.4 Å². The Hall–Kier alpha value is -1.29. The number of amides is 1. The second-order valence-electron chi connectivity index (χ2n) is 5.17. The molecule has 4 nitrogen and oxygen atoms in total. The molecule has 1 atom stereocenters. The molecule has 1 aromatic heterocycles. The van der Waals surface area contributed by atoms with Gasteiger partial charge < -0.3 is 14.8 Å². The SMILES string of the molecule is CCC(C)(C)C(=O)NCC(C)(O)c1ccco1. The molecule has 0 fully saturated rings. The van der Waals surface area contributed by atoms with E-state index in [1.807, 2.05) is 20.8 Å². The molecule has 0 spiro atoms.